The molecule has 26 heavy (non-hydrogen) atoms. The minimum absolute atomic E-state index is 0. The number of halogens is 2. The molecule has 1 saturated heterocycles. The fourth-order valence-electron chi connectivity index (χ4n) is 4.10. The molecule has 1 unspecified atom stereocenters. The molecule has 1 aromatic rings. The van der Waals surface area contributed by atoms with E-state index in [0.29, 0.717) is 6.42 Å². The highest BCUT2D eigenvalue weighted by Gasteiger charge is 2.30. The quantitative estimate of drug-likeness (QED) is 0.842. The van der Waals surface area contributed by atoms with Crippen molar-refractivity contribution in [3.8, 4) is 0 Å². The summed E-state index contributed by atoms with van der Waals surface area (Å²) in [7, 11) is 0. The van der Waals surface area contributed by atoms with Gasteiger partial charge in [-0.05, 0) is 43.6 Å². The van der Waals surface area contributed by atoms with Crippen LogP contribution in [0.5, 0.6) is 0 Å². The first kappa shape index (κ1) is 23.2. The van der Waals surface area contributed by atoms with E-state index in [2.05, 4.69) is 11.8 Å². The van der Waals surface area contributed by atoms with Crippen LogP contribution in [0.2, 0.25) is 0 Å². The van der Waals surface area contributed by atoms with Crippen LogP contribution < -0.4 is 5.73 Å². The standard InChI is InChI=1S/C20H31N3O.2ClH/c1-16-7-9-18(10-8-16)22-11-13-23(14-12-22)20(24)19(21)15-17-5-3-2-4-6-17;;/h2-6,16,18-19H,7-15,21H2,1H3;2*1H. The van der Waals surface area contributed by atoms with Gasteiger partial charge in [0.15, 0.2) is 0 Å². The Hall–Kier alpha value is -0.810. The number of amides is 1. The molecule has 4 nitrogen and oxygen atoms in total. The number of piperazine rings is 1. The van der Waals surface area contributed by atoms with Crippen LogP contribution in [0.25, 0.3) is 0 Å². The van der Waals surface area contributed by atoms with Gasteiger partial charge in [0.1, 0.15) is 0 Å². The predicted molar refractivity (Wildman–Crippen MR) is 112 cm³/mol. The van der Waals surface area contributed by atoms with Crippen LogP contribution in [0.4, 0.5) is 0 Å². The SMILES string of the molecule is CC1CCC(N2CCN(C(=O)C(N)Cc3ccccc3)CC2)CC1.Cl.Cl. The van der Waals surface area contributed by atoms with Crippen LogP contribution in [0.1, 0.15) is 38.2 Å². The summed E-state index contributed by atoms with van der Waals surface area (Å²) in [6, 6.07) is 10.4. The third-order valence-corrected chi connectivity index (χ3v) is 5.74. The van der Waals surface area contributed by atoms with Gasteiger partial charge in [0.2, 0.25) is 5.91 Å². The molecule has 0 spiro atoms. The van der Waals surface area contributed by atoms with Crippen molar-refractivity contribution < 1.29 is 4.79 Å². The molecule has 3 rings (SSSR count). The van der Waals surface area contributed by atoms with Gasteiger partial charge in [-0.15, -0.1) is 24.8 Å². The number of carbonyl (C=O) groups is 1. The summed E-state index contributed by atoms with van der Waals surface area (Å²) in [5.41, 5.74) is 7.30. The van der Waals surface area contributed by atoms with Crippen molar-refractivity contribution in [2.45, 2.75) is 51.1 Å². The van der Waals surface area contributed by atoms with Crippen LogP contribution in [0.3, 0.4) is 0 Å². The molecule has 0 bridgehead atoms. The van der Waals surface area contributed by atoms with E-state index < -0.39 is 6.04 Å². The Morgan fingerprint density at radius 2 is 1.62 bits per heavy atom. The lowest BCUT2D eigenvalue weighted by molar-refractivity contribution is -0.134. The molecule has 1 saturated carbocycles. The van der Waals surface area contributed by atoms with E-state index in [4.69, 9.17) is 5.73 Å². The normalized spacial score (nSPS) is 24.9. The van der Waals surface area contributed by atoms with E-state index in [1.807, 2.05) is 35.2 Å². The van der Waals surface area contributed by atoms with Crippen molar-refractivity contribution in [1.29, 1.82) is 0 Å². The molecule has 2 N–H and O–H groups in total. The van der Waals surface area contributed by atoms with E-state index in [9.17, 15) is 4.79 Å². The maximum absolute atomic E-state index is 12.6. The highest BCUT2D eigenvalue weighted by Crippen LogP contribution is 2.27. The number of benzene rings is 1. The van der Waals surface area contributed by atoms with E-state index in [1.54, 1.807) is 0 Å². The van der Waals surface area contributed by atoms with E-state index in [-0.39, 0.29) is 30.7 Å². The highest BCUT2D eigenvalue weighted by molar-refractivity contribution is 5.85. The Morgan fingerprint density at radius 1 is 1.04 bits per heavy atom. The molecular formula is C20H33Cl2N3O. The number of nitrogens with two attached hydrogens (primary N) is 1. The number of rotatable bonds is 4. The molecule has 1 heterocycles. The lowest BCUT2D eigenvalue weighted by Gasteiger charge is -2.42. The van der Waals surface area contributed by atoms with Crippen LogP contribution >= 0.6 is 24.8 Å². The summed E-state index contributed by atoms with van der Waals surface area (Å²) < 4.78 is 0. The van der Waals surface area contributed by atoms with Gasteiger partial charge in [-0.1, -0.05) is 37.3 Å². The zero-order chi connectivity index (χ0) is 16.9. The minimum Gasteiger partial charge on any atom is -0.339 e. The fourth-order valence-corrected chi connectivity index (χ4v) is 4.10. The Bertz CT molecular complexity index is 527. The minimum atomic E-state index is -0.422. The summed E-state index contributed by atoms with van der Waals surface area (Å²) in [6.07, 6.45) is 5.98. The van der Waals surface area contributed by atoms with Crippen molar-refractivity contribution in [3.05, 3.63) is 35.9 Å². The van der Waals surface area contributed by atoms with Gasteiger partial charge in [-0.3, -0.25) is 9.69 Å². The second-order valence-electron chi connectivity index (χ2n) is 7.57. The molecule has 1 aromatic carbocycles. The number of hydrogen-bond acceptors (Lipinski definition) is 3. The topological polar surface area (TPSA) is 49.6 Å². The Balaban J connectivity index is 0.00000169. The Labute approximate surface area is 170 Å². The fraction of sp³-hybridized carbons (Fsp3) is 0.650. The molecule has 2 aliphatic rings. The zero-order valence-electron chi connectivity index (χ0n) is 15.7. The first-order valence-corrected chi connectivity index (χ1v) is 9.46. The van der Waals surface area contributed by atoms with Crippen LogP contribution in [-0.2, 0) is 11.2 Å². The summed E-state index contributed by atoms with van der Waals surface area (Å²) in [4.78, 5) is 17.2. The summed E-state index contributed by atoms with van der Waals surface area (Å²) in [6.45, 7) is 6.02. The van der Waals surface area contributed by atoms with Crippen molar-refractivity contribution >= 4 is 30.7 Å². The third-order valence-electron chi connectivity index (χ3n) is 5.74. The molecule has 6 heteroatoms. The lowest BCUT2D eigenvalue weighted by atomic mass is 9.86. The van der Waals surface area contributed by atoms with E-state index in [1.165, 1.54) is 25.7 Å². The van der Waals surface area contributed by atoms with Gasteiger partial charge < -0.3 is 10.6 Å². The van der Waals surface area contributed by atoms with E-state index in [0.717, 1.165) is 43.7 Å². The molecule has 1 aliphatic heterocycles. The smallest absolute Gasteiger partial charge is 0.239 e. The maximum atomic E-state index is 12.6. The molecule has 1 amide bonds. The first-order chi connectivity index (χ1) is 11.6. The number of carbonyl (C=O) groups excluding carboxylic acids is 1. The average Bonchev–Trinajstić information content (AvgIpc) is 2.63. The lowest BCUT2D eigenvalue weighted by Crippen LogP contribution is -2.55. The molecule has 0 radical (unpaired) electrons. The second kappa shape index (κ2) is 11.1. The third kappa shape index (κ3) is 6.12. The van der Waals surface area contributed by atoms with Gasteiger partial charge in [0.05, 0.1) is 6.04 Å². The second-order valence-corrected chi connectivity index (χ2v) is 7.57. The first-order valence-electron chi connectivity index (χ1n) is 9.46. The van der Waals surface area contributed by atoms with Crippen molar-refractivity contribution in [1.82, 2.24) is 9.80 Å². The maximum Gasteiger partial charge on any atom is 0.239 e. The van der Waals surface area contributed by atoms with Crippen molar-refractivity contribution in [2.75, 3.05) is 26.2 Å². The Morgan fingerprint density at radius 3 is 2.19 bits per heavy atom. The van der Waals surface area contributed by atoms with Gasteiger partial charge >= 0.3 is 0 Å². The number of nitrogens with zero attached hydrogens (tertiary/aromatic N) is 2. The predicted octanol–water partition coefficient (Wildman–Crippen LogP) is 3.12. The van der Waals surface area contributed by atoms with Crippen molar-refractivity contribution in [3.63, 3.8) is 0 Å². The largest absolute Gasteiger partial charge is 0.339 e. The molecule has 148 valence electrons. The van der Waals surface area contributed by atoms with Crippen molar-refractivity contribution in [2.24, 2.45) is 11.7 Å². The number of hydrogen-bond donors (Lipinski definition) is 1. The van der Waals surface area contributed by atoms with E-state index >= 15 is 0 Å². The zero-order valence-corrected chi connectivity index (χ0v) is 17.3. The summed E-state index contributed by atoms with van der Waals surface area (Å²) in [5, 5.41) is 0. The van der Waals surface area contributed by atoms with Gasteiger partial charge in [0.25, 0.3) is 0 Å². The van der Waals surface area contributed by atoms with Gasteiger partial charge in [-0.2, -0.15) is 0 Å². The van der Waals surface area contributed by atoms with Crippen LogP contribution in [0.15, 0.2) is 30.3 Å². The molecular weight excluding hydrogens is 369 g/mol. The van der Waals surface area contributed by atoms with Crippen LogP contribution in [-0.4, -0.2) is 54.0 Å². The molecule has 2 fully saturated rings. The van der Waals surface area contributed by atoms with Gasteiger partial charge in [0, 0.05) is 32.2 Å². The van der Waals surface area contributed by atoms with Gasteiger partial charge in [-0.25, -0.2) is 0 Å². The average molecular weight is 402 g/mol. The summed E-state index contributed by atoms with van der Waals surface area (Å²) >= 11 is 0. The molecule has 1 atom stereocenters. The Kier molecular flexibility index (Phi) is 9.94. The monoisotopic (exact) mass is 401 g/mol. The van der Waals surface area contributed by atoms with Crippen LogP contribution in [0, 0.1) is 5.92 Å². The molecule has 1 aliphatic carbocycles. The molecule has 0 aromatic heterocycles. The highest BCUT2D eigenvalue weighted by atomic mass is 35.5. The summed E-state index contributed by atoms with van der Waals surface area (Å²) in [5.74, 6) is 0.996.